The Morgan fingerprint density at radius 3 is 2.19 bits per heavy atom. The summed E-state index contributed by atoms with van der Waals surface area (Å²) in [4.78, 5) is 0. The van der Waals surface area contributed by atoms with E-state index in [-0.39, 0.29) is 12.4 Å². The fourth-order valence-corrected chi connectivity index (χ4v) is 1.65. The first-order chi connectivity index (χ1) is 6.84. The highest BCUT2D eigenvalue weighted by atomic mass is 35.5. The highest BCUT2D eigenvalue weighted by molar-refractivity contribution is 5.85. The third-order valence-corrected chi connectivity index (χ3v) is 2.61. The zero-order valence-corrected chi connectivity index (χ0v) is 8.96. The van der Waals surface area contributed by atoms with Gasteiger partial charge in [-0.15, -0.1) is 12.4 Å². The van der Waals surface area contributed by atoms with Crippen LogP contribution in [-0.2, 0) is 11.7 Å². The van der Waals surface area contributed by atoms with Crippen molar-refractivity contribution in [3.8, 4) is 0 Å². The lowest BCUT2D eigenvalue weighted by molar-refractivity contribution is -0.138. The molecule has 2 N–H and O–H groups in total. The molecule has 2 rings (SSSR count). The molecular formula is C10H10ClF4N. The SMILES string of the molecule is Cl.NC1(c2c(F)cccc2C(F)(F)F)CC1. The number of alkyl halides is 3. The number of hydrogen-bond acceptors (Lipinski definition) is 1. The van der Waals surface area contributed by atoms with Crippen molar-refractivity contribution in [2.45, 2.75) is 24.6 Å². The van der Waals surface area contributed by atoms with Crippen LogP contribution in [0.3, 0.4) is 0 Å². The molecule has 0 unspecified atom stereocenters. The number of nitrogens with two attached hydrogens (primary N) is 1. The highest BCUT2D eigenvalue weighted by Gasteiger charge is 2.48. The Bertz CT molecular complexity index is 398. The summed E-state index contributed by atoms with van der Waals surface area (Å²) in [5.41, 5.74) is 3.16. The molecule has 1 aliphatic rings. The van der Waals surface area contributed by atoms with E-state index < -0.39 is 28.7 Å². The molecule has 16 heavy (non-hydrogen) atoms. The summed E-state index contributed by atoms with van der Waals surface area (Å²) in [5.74, 6) is -0.871. The Hall–Kier alpha value is -0.810. The maximum Gasteiger partial charge on any atom is 0.416 e. The van der Waals surface area contributed by atoms with Crippen LogP contribution in [0, 0.1) is 5.82 Å². The largest absolute Gasteiger partial charge is 0.416 e. The maximum atomic E-state index is 13.3. The molecule has 0 spiro atoms. The number of benzene rings is 1. The minimum absolute atomic E-state index is 0. The Balaban J connectivity index is 0.00000128. The summed E-state index contributed by atoms with van der Waals surface area (Å²) in [5, 5.41) is 0. The summed E-state index contributed by atoms with van der Waals surface area (Å²) in [6.45, 7) is 0. The molecule has 0 radical (unpaired) electrons. The Morgan fingerprint density at radius 1 is 1.19 bits per heavy atom. The van der Waals surface area contributed by atoms with E-state index in [0.717, 1.165) is 18.2 Å². The van der Waals surface area contributed by atoms with Gasteiger partial charge in [0.15, 0.2) is 0 Å². The van der Waals surface area contributed by atoms with Gasteiger partial charge in [0.2, 0.25) is 0 Å². The van der Waals surface area contributed by atoms with Crippen LogP contribution < -0.4 is 5.73 Å². The van der Waals surface area contributed by atoms with Crippen LogP contribution in [-0.4, -0.2) is 0 Å². The lowest BCUT2D eigenvalue weighted by Crippen LogP contribution is -2.25. The van der Waals surface area contributed by atoms with Crippen molar-refractivity contribution < 1.29 is 17.6 Å². The van der Waals surface area contributed by atoms with Gasteiger partial charge in [-0.3, -0.25) is 0 Å². The molecule has 0 aliphatic heterocycles. The molecule has 90 valence electrons. The van der Waals surface area contributed by atoms with Gasteiger partial charge in [0.1, 0.15) is 5.82 Å². The van der Waals surface area contributed by atoms with Crippen LogP contribution in [0.15, 0.2) is 18.2 Å². The fraction of sp³-hybridized carbons (Fsp3) is 0.400. The van der Waals surface area contributed by atoms with Gasteiger partial charge < -0.3 is 5.73 Å². The van der Waals surface area contributed by atoms with Crippen molar-refractivity contribution in [2.24, 2.45) is 5.73 Å². The third-order valence-electron chi connectivity index (χ3n) is 2.61. The van der Waals surface area contributed by atoms with Crippen molar-refractivity contribution in [1.82, 2.24) is 0 Å². The molecule has 1 aromatic rings. The van der Waals surface area contributed by atoms with E-state index in [4.69, 9.17) is 5.73 Å². The van der Waals surface area contributed by atoms with Crippen LogP contribution in [0.1, 0.15) is 24.0 Å². The van der Waals surface area contributed by atoms with Crippen LogP contribution in [0.25, 0.3) is 0 Å². The number of hydrogen-bond donors (Lipinski definition) is 1. The van der Waals surface area contributed by atoms with Crippen LogP contribution >= 0.6 is 12.4 Å². The van der Waals surface area contributed by atoms with Gasteiger partial charge in [-0.25, -0.2) is 4.39 Å². The molecule has 1 fully saturated rings. The topological polar surface area (TPSA) is 26.0 Å². The van der Waals surface area contributed by atoms with Crippen molar-refractivity contribution in [3.05, 3.63) is 35.1 Å². The Kier molecular flexibility index (Phi) is 3.22. The summed E-state index contributed by atoms with van der Waals surface area (Å²) in [6.07, 6.45) is -3.75. The van der Waals surface area contributed by atoms with Crippen LogP contribution in [0.4, 0.5) is 17.6 Å². The molecular weight excluding hydrogens is 246 g/mol. The van der Waals surface area contributed by atoms with Gasteiger partial charge in [-0.1, -0.05) is 6.07 Å². The summed E-state index contributed by atoms with van der Waals surface area (Å²) in [6, 6.07) is 2.93. The van der Waals surface area contributed by atoms with Crippen molar-refractivity contribution in [2.75, 3.05) is 0 Å². The Labute approximate surface area is 96.0 Å². The molecule has 0 aromatic heterocycles. The highest BCUT2D eigenvalue weighted by Crippen LogP contribution is 2.48. The van der Waals surface area contributed by atoms with E-state index in [1.54, 1.807) is 0 Å². The van der Waals surface area contributed by atoms with E-state index in [2.05, 4.69) is 0 Å². The zero-order valence-electron chi connectivity index (χ0n) is 8.14. The first-order valence-corrected chi connectivity index (χ1v) is 4.50. The maximum absolute atomic E-state index is 13.3. The van der Waals surface area contributed by atoms with Crippen molar-refractivity contribution >= 4 is 12.4 Å². The first kappa shape index (κ1) is 13.3. The minimum Gasteiger partial charge on any atom is -0.321 e. The molecule has 0 heterocycles. The van der Waals surface area contributed by atoms with Gasteiger partial charge in [0.25, 0.3) is 0 Å². The zero-order chi connectivity index (χ0) is 11.3. The monoisotopic (exact) mass is 255 g/mol. The smallest absolute Gasteiger partial charge is 0.321 e. The molecule has 1 aromatic carbocycles. The molecule has 0 bridgehead atoms. The molecule has 1 aliphatic carbocycles. The van der Waals surface area contributed by atoms with E-state index >= 15 is 0 Å². The van der Waals surface area contributed by atoms with Gasteiger partial charge in [-0.05, 0) is 25.0 Å². The molecule has 6 heteroatoms. The second-order valence-electron chi connectivity index (χ2n) is 3.82. The molecule has 0 atom stereocenters. The van der Waals surface area contributed by atoms with Gasteiger partial charge >= 0.3 is 6.18 Å². The standard InChI is InChI=1S/C10H9F4N.ClH/c11-7-3-1-2-6(10(12,13)14)8(7)9(15)4-5-9;/h1-3H,4-5,15H2;1H. The molecule has 1 saturated carbocycles. The quantitative estimate of drug-likeness (QED) is 0.766. The van der Waals surface area contributed by atoms with Crippen LogP contribution in [0.2, 0.25) is 0 Å². The normalized spacial score (nSPS) is 17.8. The van der Waals surface area contributed by atoms with E-state index in [1.165, 1.54) is 0 Å². The van der Waals surface area contributed by atoms with Gasteiger partial charge in [0.05, 0.1) is 5.56 Å². The first-order valence-electron chi connectivity index (χ1n) is 4.50. The second kappa shape index (κ2) is 3.89. The molecule has 0 amide bonds. The average molecular weight is 256 g/mol. The fourth-order valence-electron chi connectivity index (χ4n) is 1.65. The van der Waals surface area contributed by atoms with Crippen molar-refractivity contribution in [1.29, 1.82) is 0 Å². The lowest BCUT2D eigenvalue weighted by atomic mass is 9.98. The van der Waals surface area contributed by atoms with E-state index in [0.29, 0.717) is 12.8 Å². The predicted molar refractivity (Wildman–Crippen MR) is 53.7 cm³/mol. The molecule has 1 nitrogen and oxygen atoms in total. The predicted octanol–water partition coefficient (Wildman–Crippen LogP) is 3.21. The van der Waals surface area contributed by atoms with E-state index in [1.807, 2.05) is 0 Å². The van der Waals surface area contributed by atoms with Crippen molar-refractivity contribution in [3.63, 3.8) is 0 Å². The number of halogens is 5. The third kappa shape index (κ3) is 2.15. The summed E-state index contributed by atoms with van der Waals surface area (Å²) < 4.78 is 51.0. The van der Waals surface area contributed by atoms with Gasteiger partial charge in [0, 0.05) is 11.1 Å². The molecule has 0 saturated heterocycles. The lowest BCUT2D eigenvalue weighted by Gasteiger charge is -2.17. The van der Waals surface area contributed by atoms with Crippen LogP contribution in [0.5, 0.6) is 0 Å². The second-order valence-corrected chi connectivity index (χ2v) is 3.82. The minimum atomic E-state index is -4.55. The average Bonchev–Trinajstić information content (AvgIpc) is 2.82. The Morgan fingerprint density at radius 2 is 1.75 bits per heavy atom. The summed E-state index contributed by atoms with van der Waals surface area (Å²) in [7, 11) is 0. The van der Waals surface area contributed by atoms with E-state index in [9.17, 15) is 17.6 Å². The number of rotatable bonds is 1. The summed E-state index contributed by atoms with van der Waals surface area (Å²) >= 11 is 0. The van der Waals surface area contributed by atoms with Gasteiger partial charge in [-0.2, -0.15) is 13.2 Å².